The Morgan fingerprint density at radius 3 is 2.81 bits per heavy atom. The van der Waals surface area contributed by atoms with E-state index in [2.05, 4.69) is 41.4 Å². The van der Waals surface area contributed by atoms with Gasteiger partial charge >= 0.3 is 0 Å². The summed E-state index contributed by atoms with van der Waals surface area (Å²) in [6.07, 6.45) is 2.50. The van der Waals surface area contributed by atoms with E-state index in [0.717, 1.165) is 19.5 Å². The fourth-order valence-corrected chi connectivity index (χ4v) is 2.86. The number of nitrogens with zero attached hydrogens (tertiary/aromatic N) is 1. The van der Waals surface area contributed by atoms with E-state index >= 15 is 0 Å². The van der Waals surface area contributed by atoms with Crippen LogP contribution in [0, 0.1) is 0 Å². The second kappa shape index (κ2) is 6.14. The van der Waals surface area contributed by atoms with Gasteiger partial charge in [0.05, 0.1) is 6.26 Å². The van der Waals surface area contributed by atoms with Gasteiger partial charge in [-0.05, 0) is 31.0 Å². The Bertz CT molecular complexity index is 580. The van der Waals surface area contributed by atoms with Crippen molar-refractivity contribution in [1.82, 2.24) is 10.2 Å². The van der Waals surface area contributed by atoms with Crippen LogP contribution in [0.1, 0.15) is 35.5 Å². The van der Waals surface area contributed by atoms with Gasteiger partial charge in [-0.25, -0.2) is 0 Å². The average molecular weight is 284 g/mol. The van der Waals surface area contributed by atoms with Gasteiger partial charge in [0, 0.05) is 25.2 Å². The van der Waals surface area contributed by atoms with Crippen molar-refractivity contribution < 1.29 is 9.21 Å². The van der Waals surface area contributed by atoms with E-state index in [4.69, 9.17) is 4.42 Å². The van der Waals surface area contributed by atoms with Gasteiger partial charge < -0.3 is 9.73 Å². The van der Waals surface area contributed by atoms with E-state index in [0.29, 0.717) is 11.8 Å². The maximum absolute atomic E-state index is 12.0. The summed E-state index contributed by atoms with van der Waals surface area (Å²) in [4.78, 5) is 14.4. The maximum atomic E-state index is 12.0. The van der Waals surface area contributed by atoms with Crippen LogP contribution < -0.4 is 5.32 Å². The Balaban J connectivity index is 1.57. The molecule has 0 spiro atoms. The molecule has 4 nitrogen and oxygen atoms in total. The fraction of sp³-hybridized carbons (Fsp3) is 0.353. The summed E-state index contributed by atoms with van der Waals surface area (Å²) in [5.41, 5.74) is 1.32. The number of nitrogens with one attached hydrogen (secondary N) is 1. The van der Waals surface area contributed by atoms with Crippen LogP contribution in [0.15, 0.2) is 53.1 Å². The van der Waals surface area contributed by atoms with Gasteiger partial charge in [0.15, 0.2) is 5.76 Å². The van der Waals surface area contributed by atoms with Crippen LogP contribution in [0.4, 0.5) is 0 Å². The lowest BCUT2D eigenvalue weighted by molar-refractivity contribution is 0.0908. The van der Waals surface area contributed by atoms with E-state index in [-0.39, 0.29) is 11.9 Å². The number of likely N-dealkylation sites (tertiary alicyclic amines) is 1. The Morgan fingerprint density at radius 1 is 1.29 bits per heavy atom. The molecule has 1 aromatic carbocycles. The molecule has 2 atom stereocenters. The van der Waals surface area contributed by atoms with Crippen molar-refractivity contribution in [3.05, 3.63) is 60.1 Å². The van der Waals surface area contributed by atoms with Crippen molar-refractivity contribution in [1.29, 1.82) is 0 Å². The molecule has 0 radical (unpaired) electrons. The van der Waals surface area contributed by atoms with E-state index in [1.54, 1.807) is 12.1 Å². The zero-order valence-electron chi connectivity index (χ0n) is 12.2. The molecule has 2 aromatic rings. The predicted molar refractivity (Wildman–Crippen MR) is 81.0 cm³/mol. The molecule has 1 fully saturated rings. The smallest absolute Gasteiger partial charge is 0.287 e. The maximum Gasteiger partial charge on any atom is 0.287 e. The molecule has 4 heteroatoms. The highest BCUT2D eigenvalue weighted by molar-refractivity contribution is 5.91. The Morgan fingerprint density at radius 2 is 2.10 bits per heavy atom. The fourth-order valence-electron chi connectivity index (χ4n) is 2.86. The molecule has 2 unspecified atom stereocenters. The SMILES string of the molecule is CC(c1ccccc1)N1CCC(NC(=O)c2ccco2)C1. The lowest BCUT2D eigenvalue weighted by atomic mass is 10.1. The summed E-state index contributed by atoms with van der Waals surface area (Å²) < 4.78 is 5.12. The number of furan rings is 1. The van der Waals surface area contributed by atoms with E-state index in [9.17, 15) is 4.79 Å². The number of carbonyl (C=O) groups excluding carboxylic acids is 1. The van der Waals surface area contributed by atoms with E-state index < -0.39 is 0 Å². The first-order valence-corrected chi connectivity index (χ1v) is 7.37. The van der Waals surface area contributed by atoms with Crippen LogP contribution in [-0.2, 0) is 0 Å². The predicted octanol–water partition coefficient (Wildman–Crippen LogP) is 2.84. The number of benzene rings is 1. The molecular formula is C17H20N2O2. The van der Waals surface area contributed by atoms with Gasteiger partial charge in [-0.3, -0.25) is 9.69 Å². The van der Waals surface area contributed by atoms with Crippen LogP contribution in [0.2, 0.25) is 0 Å². The van der Waals surface area contributed by atoms with E-state index in [1.165, 1.54) is 11.8 Å². The summed E-state index contributed by atoms with van der Waals surface area (Å²) in [6, 6.07) is 14.5. The first-order chi connectivity index (χ1) is 10.2. The highest BCUT2D eigenvalue weighted by atomic mass is 16.3. The summed E-state index contributed by atoms with van der Waals surface area (Å²) in [5, 5.41) is 3.04. The molecule has 1 saturated heterocycles. The third-order valence-electron chi connectivity index (χ3n) is 4.13. The molecule has 0 saturated carbocycles. The molecule has 21 heavy (non-hydrogen) atoms. The van der Waals surface area contributed by atoms with Crippen molar-refractivity contribution in [3.63, 3.8) is 0 Å². The molecule has 110 valence electrons. The van der Waals surface area contributed by atoms with Crippen molar-refractivity contribution in [2.45, 2.75) is 25.4 Å². The minimum absolute atomic E-state index is 0.126. The molecule has 1 amide bonds. The zero-order valence-corrected chi connectivity index (χ0v) is 12.2. The Labute approximate surface area is 124 Å². The van der Waals surface area contributed by atoms with E-state index in [1.807, 2.05) is 6.07 Å². The Kier molecular flexibility index (Phi) is 4.06. The molecule has 3 rings (SSSR count). The summed E-state index contributed by atoms with van der Waals surface area (Å²) in [7, 11) is 0. The van der Waals surface area contributed by atoms with Crippen LogP contribution in [0.3, 0.4) is 0 Å². The number of hydrogen-bond donors (Lipinski definition) is 1. The highest BCUT2D eigenvalue weighted by Crippen LogP contribution is 2.24. The van der Waals surface area contributed by atoms with Crippen molar-refractivity contribution in [2.24, 2.45) is 0 Å². The quantitative estimate of drug-likeness (QED) is 0.939. The number of hydrogen-bond acceptors (Lipinski definition) is 3. The molecule has 1 aromatic heterocycles. The van der Waals surface area contributed by atoms with Gasteiger partial charge in [0.25, 0.3) is 5.91 Å². The van der Waals surface area contributed by atoms with Gasteiger partial charge in [-0.2, -0.15) is 0 Å². The lowest BCUT2D eigenvalue weighted by Gasteiger charge is -2.24. The molecule has 1 aliphatic rings. The van der Waals surface area contributed by atoms with Gasteiger partial charge in [0.2, 0.25) is 0 Å². The van der Waals surface area contributed by atoms with Crippen molar-refractivity contribution in [2.75, 3.05) is 13.1 Å². The largest absolute Gasteiger partial charge is 0.459 e. The molecule has 0 bridgehead atoms. The topological polar surface area (TPSA) is 45.5 Å². The van der Waals surface area contributed by atoms with Gasteiger partial charge in [-0.1, -0.05) is 30.3 Å². The average Bonchev–Trinajstić information content (AvgIpc) is 3.19. The summed E-state index contributed by atoms with van der Waals surface area (Å²) >= 11 is 0. The number of rotatable bonds is 4. The number of carbonyl (C=O) groups is 1. The minimum Gasteiger partial charge on any atom is -0.459 e. The molecule has 1 N–H and O–H groups in total. The highest BCUT2D eigenvalue weighted by Gasteiger charge is 2.28. The molecule has 0 aliphatic carbocycles. The lowest BCUT2D eigenvalue weighted by Crippen LogP contribution is -2.37. The van der Waals surface area contributed by atoms with Crippen molar-refractivity contribution in [3.8, 4) is 0 Å². The van der Waals surface area contributed by atoms with Gasteiger partial charge in [-0.15, -0.1) is 0 Å². The minimum atomic E-state index is -0.126. The third kappa shape index (κ3) is 3.16. The normalized spacial score (nSPS) is 20.3. The zero-order chi connectivity index (χ0) is 14.7. The summed E-state index contributed by atoms with van der Waals surface area (Å²) in [6.45, 7) is 4.09. The molecule has 2 heterocycles. The Hall–Kier alpha value is -2.07. The number of amides is 1. The monoisotopic (exact) mass is 284 g/mol. The summed E-state index contributed by atoms with van der Waals surface area (Å²) in [5.74, 6) is 0.253. The van der Waals surface area contributed by atoms with Crippen LogP contribution in [0.25, 0.3) is 0 Å². The molecule has 1 aliphatic heterocycles. The molecular weight excluding hydrogens is 264 g/mol. The standard InChI is InChI=1S/C17H20N2O2/c1-13(14-6-3-2-4-7-14)19-10-9-15(12-19)18-17(20)16-8-5-11-21-16/h2-8,11,13,15H,9-10,12H2,1H3,(H,18,20). The third-order valence-corrected chi connectivity index (χ3v) is 4.13. The van der Waals surface area contributed by atoms with Gasteiger partial charge in [0.1, 0.15) is 0 Å². The first-order valence-electron chi connectivity index (χ1n) is 7.37. The second-order valence-electron chi connectivity index (χ2n) is 5.52. The van der Waals surface area contributed by atoms with Crippen LogP contribution in [-0.4, -0.2) is 29.9 Å². The van der Waals surface area contributed by atoms with Crippen molar-refractivity contribution >= 4 is 5.91 Å². The van der Waals surface area contributed by atoms with Crippen LogP contribution >= 0.6 is 0 Å². The second-order valence-corrected chi connectivity index (χ2v) is 5.52. The van der Waals surface area contributed by atoms with Crippen LogP contribution in [0.5, 0.6) is 0 Å². The first kappa shape index (κ1) is 13.9.